The Morgan fingerprint density at radius 1 is 0.800 bits per heavy atom. The molecule has 0 amide bonds. The van der Waals surface area contributed by atoms with E-state index >= 15 is 0 Å². The molecule has 1 aromatic heterocycles. The molecule has 1 aliphatic carbocycles. The second kappa shape index (κ2) is 6.20. The van der Waals surface area contributed by atoms with Gasteiger partial charge in [0, 0.05) is 12.4 Å². The average molecular weight is 262 g/mol. The van der Waals surface area contributed by atoms with Gasteiger partial charge in [-0.25, -0.2) is 4.68 Å². The van der Waals surface area contributed by atoms with Gasteiger partial charge in [0.1, 0.15) is 0 Å². The van der Waals surface area contributed by atoms with Crippen LogP contribution in [-0.2, 0) is 0 Å². The van der Waals surface area contributed by atoms with E-state index in [0.717, 1.165) is 11.6 Å². The van der Waals surface area contributed by atoms with E-state index in [2.05, 4.69) is 29.4 Å². The van der Waals surface area contributed by atoms with Crippen LogP contribution in [0.1, 0.15) is 24.3 Å². The molecule has 0 bridgehead atoms. The first-order chi connectivity index (χ1) is 9.93. The molecule has 20 heavy (non-hydrogen) atoms. The lowest BCUT2D eigenvalue weighted by Crippen LogP contribution is -1.93. The standard InChI is InChI=1S/C12H12N2.C6H6/c1-8-13-14(9-1)12-6-4-11(5-7-12)10-2-3-10;1-2-4-6-5-3-1/h1,4-10H,2-3H2;1-6H. The summed E-state index contributed by atoms with van der Waals surface area (Å²) in [6.07, 6.45) is 6.49. The third kappa shape index (κ3) is 3.35. The van der Waals surface area contributed by atoms with Gasteiger partial charge in [-0.05, 0) is 42.5 Å². The van der Waals surface area contributed by atoms with Gasteiger partial charge in [-0.3, -0.25) is 0 Å². The van der Waals surface area contributed by atoms with Crippen LogP contribution < -0.4 is 0 Å². The number of hydrogen-bond acceptors (Lipinski definition) is 1. The van der Waals surface area contributed by atoms with Crippen LogP contribution in [0.4, 0.5) is 0 Å². The number of rotatable bonds is 2. The molecule has 0 N–H and O–H groups in total. The summed E-state index contributed by atoms with van der Waals surface area (Å²) < 4.78 is 1.89. The Bertz CT molecular complexity index is 582. The maximum Gasteiger partial charge on any atom is 0.0645 e. The molecule has 0 spiro atoms. The number of benzene rings is 2. The summed E-state index contributed by atoms with van der Waals surface area (Å²) in [6, 6.07) is 22.7. The van der Waals surface area contributed by atoms with E-state index < -0.39 is 0 Å². The summed E-state index contributed by atoms with van der Waals surface area (Å²) in [5.41, 5.74) is 2.61. The van der Waals surface area contributed by atoms with Crippen LogP contribution in [0.5, 0.6) is 0 Å². The van der Waals surface area contributed by atoms with Gasteiger partial charge in [0.2, 0.25) is 0 Å². The Balaban J connectivity index is 0.000000170. The fourth-order valence-corrected chi connectivity index (χ4v) is 2.12. The molecule has 2 heteroatoms. The smallest absolute Gasteiger partial charge is 0.0645 e. The second-order valence-electron chi connectivity index (χ2n) is 4.97. The van der Waals surface area contributed by atoms with Gasteiger partial charge in [0.15, 0.2) is 0 Å². The summed E-state index contributed by atoms with van der Waals surface area (Å²) in [5, 5.41) is 4.19. The van der Waals surface area contributed by atoms with Crippen LogP contribution in [0, 0.1) is 0 Å². The van der Waals surface area contributed by atoms with Crippen LogP contribution in [0.15, 0.2) is 79.1 Å². The number of nitrogens with zero attached hydrogens (tertiary/aromatic N) is 2. The van der Waals surface area contributed by atoms with Gasteiger partial charge < -0.3 is 0 Å². The van der Waals surface area contributed by atoms with E-state index in [4.69, 9.17) is 0 Å². The zero-order valence-electron chi connectivity index (χ0n) is 11.4. The van der Waals surface area contributed by atoms with Crippen molar-refractivity contribution in [3.8, 4) is 5.69 Å². The van der Waals surface area contributed by atoms with E-state index in [1.807, 2.05) is 53.3 Å². The first-order valence-corrected chi connectivity index (χ1v) is 7.03. The zero-order valence-corrected chi connectivity index (χ0v) is 11.4. The van der Waals surface area contributed by atoms with Crippen molar-refractivity contribution < 1.29 is 0 Å². The minimum atomic E-state index is 0.835. The molecule has 1 saturated carbocycles. The van der Waals surface area contributed by atoms with E-state index in [-0.39, 0.29) is 0 Å². The summed E-state index contributed by atoms with van der Waals surface area (Å²) in [4.78, 5) is 0. The zero-order chi connectivity index (χ0) is 13.6. The molecule has 0 radical (unpaired) electrons. The normalized spacial score (nSPS) is 13.4. The highest BCUT2D eigenvalue weighted by atomic mass is 15.3. The first kappa shape index (κ1) is 12.7. The fraction of sp³-hybridized carbons (Fsp3) is 0.167. The van der Waals surface area contributed by atoms with Crippen molar-refractivity contribution in [1.82, 2.24) is 9.78 Å². The van der Waals surface area contributed by atoms with Gasteiger partial charge in [0.25, 0.3) is 0 Å². The molecular weight excluding hydrogens is 244 g/mol. The number of hydrogen-bond donors (Lipinski definition) is 0. The monoisotopic (exact) mass is 262 g/mol. The molecule has 0 saturated heterocycles. The summed E-state index contributed by atoms with van der Waals surface area (Å²) in [6.45, 7) is 0. The fourth-order valence-electron chi connectivity index (χ4n) is 2.12. The van der Waals surface area contributed by atoms with Gasteiger partial charge in [-0.1, -0.05) is 48.5 Å². The van der Waals surface area contributed by atoms with Crippen molar-refractivity contribution in [3.05, 3.63) is 84.7 Å². The predicted molar refractivity (Wildman–Crippen MR) is 82.0 cm³/mol. The Kier molecular flexibility index (Phi) is 3.93. The largest absolute Gasteiger partial charge is 0.241 e. The second-order valence-corrected chi connectivity index (χ2v) is 4.97. The molecule has 0 atom stereocenters. The van der Waals surface area contributed by atoms with Crippen LogP contribution in [0.25, 0.3) is 5.69 Å². The first-order valence-electron chi connectivity index (χ1n) is 7.03. The van der Waals surface area contributed by atoms with Gasteiger partial charge in [0.05, 0.1) is 5.69 Å². The average Bonchev–Trinajstić information content (AvgIpc) is 3.24. The van der Waals surface area contributed by atoms with Gasteiger partial charge in [-0.15, -0.1) is 0 Å². The quantitative estimate of drug-likeness (QED) is 0.667. The molecule has 1 aliphatic rings. The third-order valence-corrected chi connectivity index (χ3v) is 3.38. The van der Waals surface area contributed by atoms with E-state index in [9.17, 15) is 0 Å². The van der Waals surface area contributed by atoms with Crippen molar-refractivity contribution in [2.75, 3.05) is 0 Å². The van der Waals surface area contributed by atoms with E-state index in [0.29, 0.717) is 0 Å². The Morgan fingerprint density at radius 3 is 1.85 bits per heavy atom. The molecule has 2 aromatic carbocycles. The van der Waals surface area contributed by atoms with Gasteiger partial charge >= 0.3 is 0 Å². The lowest BCUT2D eigenvalue weighted by atomic mass is 10.1. The van der Waals surface area contributed by atoms with E-state index in [1.165, 1.54) is 18.4 Å². The highest BCUT2D eigenvalue weighted by molar-refractivity contribution is 5.36. The van der Waals surface area contributed by atoms with Crippen LogP contribution in [0.3, 0.4) is 0 Å². The maximum absolute atomic E-state index is 4.19. The van der Waals surface area contributed by atoms with Crippen molar-refractivity contribution in [3.63, 3.8) is 0 Å². The highest BCUT2D eigenvalue weighted by Gasteiger charge is 2.22. The molecule has 1 fully saturated rings. The van der Waals surface area contributed by atoms with Crippen LogP contribution in [-0.4, -0.2) is 9.78 Å². The highest BCUT2D eigenvalue weighted by Crippen LogP contribution is 2.39. The Morgan fingerprint density at radius 2 is 1.40 bits per heavy atom. The molecule has 3 aromatic rings. The van der Waals surface area contributed by atoms with Crippen LogP contribution in [0.2, 0.25) is 0 Å². The minimum absolute atomic E-state index is 0.835. The molecule has 0 unspecified atom stereocenters. The SMILES string of the molecule is c1ccccc1.c1cnn(-c2ccc(C3CC3)cc2)c1. The van der Waals surface area contributed by atoms with Gasteiger partial charge in [-0.2, -0.15) is 5.10 Å². The number of aromatic nitrogens is 2. The lowest BCUT2D eigenvalue weighted by Gasteiger charge is -2.02. The molecule has 2 nitrogen and oxygen atoms in total. The molecule has 4 rings (SSSR count). The Hall–Kier alpha value is -2.35. The molecular formula is C18H18N2. The molecule has 1 heterocycles. The molecule has 100 valence electrons. The van der Waals surface area contributed by atoms with Crippen molar-refractivity contribution in [2.45, 2.75) is 18.8 Å². The van der Waals surface area contributed by atoms with Crippen molar-refractivity contribution in [2.24, 2.45) is 0 Å². The van der Waals surface area contributed by atoms with Crippen molar-refractivity contribution in [1.29, 1.82) is 0 Å². The topological polar surface area (TPSA) is 17.8 Å². The molecule has 0 aliphatic heterocycles. The summed E-state index contributed by atoms with van der Waals surface area (Å²) >= 11 is 0. The minimum Gasteiger partial charge on any atom is -0.241 e. The Labute approximate surface area is 119 Å². The van der Waals surface area contributed by atoms with Crippen LogP contribution >= 0.6 is 0 Å². The maximum atomic E-state index is 4.19. The third-order valence-electron chi connectivity index (χ3n) is 3.38. The summed E-state index contributed by atoms with van der Waals surface area (Å²) in [7, 11) is 0. The summed E-state index contributed by atoms with van der Waals surface area (Å²) in [5.74, 6) is 0.835. The lowest BCUT2D eigenvalue weighted by molar-refractivity contribution is 0.879. The van der Waals surface area contributed by atoms with E-state index in [1.54, 1.807) is 6.20 Å². The van der Waals surface area contributed by atoms with Crippen molar-refractivity contribution >= 4 is 0 Å². The predicted octanol–water partition coefficient (Wildman–Crippen LogP) is 4.44.